The highest BCUT2D eigenvalue weighted by Gasteiger charge is 2.21. The van der Waals surface area contributed by atoms with E-state index in [0.717, 1.165) is 34.3 Å². The van der Waals surface area contributed by atoms with Gasteiger partial charge in [0.1, 0.15) is 17.7 Å². The van der Waals surface area contributed by atoms with Crippen molar-refractivity contribution in [2.45, 2.75) is 19.3 Å². The van der Waals surface area contributed by atoms with Crippen molar-refractivity contribution in [1.29, 1.82) is 5.26 Å². The van der Waals surface area contributed by atoms with Gasteiger partial charge in [-0.3, -0.25) is 0 Å². The van der Waals surface area contributed by atoms with Gasteiger partial charge in [-0.15, -0.1) is 17.8 Å². The summed E-state index contributed by atoms with van der Waals surface area (Å²) in [5.41, 5.74) is 2.74. The molecule has 1 aromatic heterocycles. The van der Waals surface area contributed by atoms with Crippen molar-refractivity contribution in [1.82, 2.24) is 0 Å². The molecule has 0 saturated heterocycles. The van der Waals surface area contributed by atoms with Crippen LogP contribution in [0.15, 0.2) is 21.6 Å². The van der Waals surface area contributed by atoms with E-state index in [2.05, 4.69) is 32.9 Å². The van der Waals surface area contributed by atoms with E-state index in [1.165, 1.54) is 10.4 Å². The van der Waals surface area contributed by atoms with E-state index in [-0.39, 0.29) is 6.61 Å². The van der Waals surface area contributed by atoms with Crippen LogP contribution in [0.25, 0.3) is 0 Å². The molecule has 6 heteroatoms. The van der Waals surface area contributed by atoms with E-state index in [0.29, 0.717) is 17.1 Å². The Morgan fingerprint density at radius 2 is 2.28 bits per heavy atom. The first kappa shape index (κ1) is 17.5. The lowest BCUT2D eigenvalue weighted by Gasteiger charge is -2.11. The van der Waals surface area contributed by atoms with Gasteiger partial charge >= 0.3 is 0 Å². The average molecular weight is 415 g/mol. The molecule has 0 aliphatic heterocycles. The Morgan fingerprint density at radius 1 is 1.44 bits per heavy atom. The summed E-state index contributed by atoms with van der Waals surface area (Å²) in [6.45, 7) is 0.161. The maximum absolute atomic E-state index is 9.44. The zero-order valence-electron chi connectivity index (χ0n) is 13.6. The second-order valence-electron chi connectivity index (χ2n) is 5.43. The molecule has 0 radical (unpaired) electrons. The van der Waals surface area contributed by atoms with E-state index in [4.69, 9.17) is 15.9 Å². The summed E-state index contributed by atoms with van der Waals surface area (Å²) in [7, 11) is 1.57. The Hall–Kier alpha value is -2.28. The van der Waals surface area contributed by atoms with E-state index in [1.807, 2.05) is 12.1 Å². The van der Waals surface area contributed by atoms with Gasteiger partial charge in [-0.05, 0) is 58.5 Å². The van der Waals surface area contributed by atoms with E-state index >= 15 is 0 Å². The maximum atomic E-state index is 9.44. The number of methoxy groups -OCH3 is 1. The normalized spacial score (nSPS) is 12.6. The molecular weight excluding hydrogens is 400 g/mol. The number of hydrogen-bond acceptors (Lipinski definition) is 5. The summed E-state index contributed by atoms with van der Waals surface area (Å²) in [4.78, 5) is 5.83. The minimum Gasteiger partial charge on any atom is -0.493 e. The van der Waals surface area contributed by atoms with Crippen LogP contribution >= 0.6 is 27.3 Å². The second-order valence-corrected chi connectivity index (χ2v) is 7.37. The number of nitrogens with zero attached hydrogens (tertiary/aromatic N) is 2. The van der Waals surface area contributed by atoms with Crippen molar-refractivity contribution in [3.8, 4) is 29.9 Å². The molecule has 0 spiro atoms. The second kappa shape index (κ2) is 7.74. The fourth-order valence-corrected chi connectivity index (χ4v) is 4.56. The molecule has 0 unspecified atom stereocenters. The van der Waals surface area contributed by atoms with Crippen LogP contribution < -0.4 is 9.47 Å². The number of nitriles is 1. The van der Waals surface area contributed by atoms with Crippen LogP contribution in [0.3, 0.4) is 0 Å². The highest BCUT2D eigenvalue weighted by Crippen LogP contribution is 2.40. The first-order valence-corrected chi connectivity index (χ1v) is 9.31. The van der Waals surface area contributed by atoms with Crippen molar-refractivity contribution in [3.63, 3.8) is 0 Å². The SMILES string of the molecule is C#CCOc1c(Br)cc(C=Nc2sc3c(c2C#N)CCC3)cc1OC. The average Bonchev–Trinajstić information content (AvgIpc) is 3.18. The number of fused-ring (bicyclic) bond motifs is 1. The smallest absolute Gasteiger partial charge is 0.176 e. The lowest BCUT2D eigenvalue weighted by Crippen LogP contribution is -1.98. The lowest BCUT2D eigenvalue weighted by molar-refractivity contribution is 0.329. The Balaban J connectivity index is 1.91. The predicted octanol–water partition coefficient (Wildman–Crippen LogP) is 4.64. The van der Waals surface area contributed by atoms with Gasteiger partial charge in [-0.1, -0.05) is 5.92 Å². The number of ether oxygens (including phenoxy) is 2. The van der Waals surface area contributed by atoms with Crippen molar-refractivity contribution < 1.29 is 9.47 Å². The molecule has 126 valence electrons. The molecule has 1 aromatic carbocycles. The van der Waals surface area contributed by atoms with Crippen molar-refractivity contribution in [2.24, 2.45) is 4.99 Å². The quantitative estimate of drug-likeness (QED) is 0.528. The highest BCUT2D eigenvalue weighted by atomic mass is 79.9. The predicted molar refractivity (Wildman–Crippen MR) is 103 cm³/mol. The van der Waals surface area contributed by atoms with Crippen molar-refractivity contribution >= 4 is 38.5 Å². The third kappa shape index (κ3) is 3.56. The molecule has 0 bridgehead atoms. The minimum atomic E-state index is 0.161. The Morgan fingerprint density at radius 3 is 3.00 bits per heavy atom. The highest BCUT2D eigenvalue weighted by molar-refractivity contribution is 9.10. The molecule has 0 saturated carbocycles. The van der Waals surface area contributed by atoms with Crippen LogP contribution in [0.1, 0.15) is 28.0 Å². The molecule has 4 nitrogen and oxygen atoms in total. The largest absolute Gasteiger partial charge is 0.493 e. The summed E-state index contributed by atoms with van der Waals surface area (Å²) in [6.07, 6.45) is 10.1. The van der Waals surface area contributed by atoms with Crippen LogP contribution in [-0.2, 0) is 12.8 Å². The molecule has 1 heterocycles. The molecule has 0 fully saturated rings. The number of rotatable bonds is 5. The zero-order valence-corrected chi connectivity index (χ0v) is 16.0. The number of benzene rings is 1. The number of terminal acetylenes is 1. The molecule has 1 aliphatic carbocycles. The summed E-state index contributed by atoms with van der Waals surface area (Å²) < 4.78 is 11.6. The maximum Gasteiger partial charge on any atom is 0.176 e. The molecule has 0 amide bonds. The first-order valence-electron chi connectivity index (χ1n) is 7.70. The van der Waals surface area contributed by atoms with Gasteiger partial charge in [-0.2, -0.15) is 5.26 Å². The molecule has 25 heavy (non-hydrogen) atoms. The molecule has 2 aromatic rings. The summed E-state index contributed by atoms with van der Waals surface area (Å²) in [5.74, 6) is 3.56. The van der Waals surface area contributed by atoms with Crippen LogP contribution in [-0.4, -0.2) is 19.9 Å². The lowest BCUT2D eigenvalue weighted by atomic mass is 10.1. The fraction of sp³-hybridized carbons (Fsp3) is 0.263. The molecular formula is C19H15BrN2O2S. The van der Waals surface area contributed by atoms with Crippen molar-refractivity contribution in [2.75, 3.05) is 13.7 Å². The van der Waals surface area contributed by atoms with Crippen LogP contribution in [0, 0.1) is 23.7 Å². The third-order valence-corrected chi connectivity index (χ3v) is 5.69. The topological polar surface area (TPSA) is 54.6 Å². The molecule has 1 aliphatic rings. The molecule has 0 N–H and O–H groups in total. The Bertz CT molecular complexity index is 919. The minimum absolute atomic E-state index is 0.161. The van der Waals surface area contributed by atoms with Gasteiger partial charge < -0.3 is 9.47 Å². The van der Waals surface area contributed by atoms with Gasteiger partial charge in [0, 0.05) is 11.1 Å². The number of hydrogen-bond donors (Lipinski definition) is 0. The number of aryl methyl sites for hydroxylation is 1. The van der Waals surface area contributed by atoms with Crippen LogP contribution in [0.4, 0.5) is 5.00 Å². The van der Waals surface area contributed by atoms with Gasteiger partial charge in [0.25, 0.3) is 0 Å². The summed E-state index contributed by atoms with van der Waals surface area (Å²) in [6, 6.07) is 6.01. The Kier molecular flexibility index (Phi) is 5.43. The molecule has 0 atom stereocenters. The van der Waals surface area contributed by atoms with E-state index < -0.39 is 0 Å². The van der Waals surface area contributed by atoms with Crippen molar-refractivity contribution in [3.05, 3.63) is 38.2 Å². The van der Waals surface area contributed by atoms with Crippen LogP contribution in [0.5, 0.6) is 11.5 Å². The number of halogens is 1. The summed E-state index contributed by atoms with van der Waals surface area (Å²) in [5, 5.41) is 10.2. The van der Waals surface area contributed by atoms with Gasteiger partial charge in [0.2, 0.25) is 0 Å². The van der Waals surface area contributed by atoms with Gasteiger partial charge in [-0.25, -0.2) is 4.99 Å². The van der Waals surface area contributed by atoms with E-state index in [9.17, 15) is 5.26 Å². The standard InChI is InChI=1S/C19H15BrN2O2S/c1-3-7-24-18-15(20)8-12(9-16(18)23-2)11-22-19-14(10-21)13-5-4-6-17(13)25-19/h1,8-9,11H,4-7H2,2H3. The number of aliphatic imine (C=N–C) groups is 1. The molecule has 3 rings (SSSR count). The Labute approximate surface area is 159 Å². The van der Waals surface area contributed by atoms with Gasteiger partial charge in [0.15, 0.2) is 11.5 Å². The fourth-order valence-electron chi connectivity index (χ4n) is 2.80. The zero-order chi connectivity index (χ0) is 17.8. The van der Waals surface area contributed by atoms with Gasteiger partial charge in [0.05, 0.1) is 17.1 Å². The van der Waals surface area contributed by atoms with Crippen LogP contribution in [0.2, 0.25) is 0 Å². The third-order valence-electron chi connectivity index (χ3n) is 3.90. The monoisotopic (exact) mass is 414 g/mol. The van der Waals surface area contributed by atoms with E-state index in [1.54, 1.807) is 24.7 Å². The summed E-state index contributed by atoms with van der Waals surface area (Å²) >= 11 is 5.09. The first-order chi connectivity index (χ1) is 12.2. The number of thiophene rings is 1.